The van der Waals surface area contributed by atoms with Crippen molar-refractivity contribution < 1.29 is 32.8 Å². The SMILES string of the molecule is C#CCCOP(OCC(COC(c1ccccc1)(c1ccc(OC)cc1)c1ccc(OC)cc1)NC(=O)CCCOc1cc(-c2ccccn2)nc(-c2ccccn2)c1)N(C(C)C)C(C)C. The number of hydrogen-bond donors (Lipinski definition) is 1. The largest absolute Gasteiger partial charge is 0.497 e. The smallest absolute Gasteiger partial charge is 0.259 e. The van der Waals surface area contributed by atoms with E-state index in [4.69, 9.17) is 39.4 Å². The number of aromatic nitrogens is 3. The standard InChI is InChI=1S/C53H60N5O7P/c1-8-9-34-64-66(58(39(2)3)40(4)5)65-38-44(37-63-53(41-18-11-10-12-19-41,42-23-27-45(60-6)28-24-42)43-25-29-46(61-7)30-26-43)56-52(59)22-17-33-62-47-35-50(48-20-13-15-31-54-48)57-51(36-47)49-21-14-16-32-55-49/h1,10-16,18-21,23-32,35-36,39-40,44H,9,17,22,33-34,37-38H2,2-7H3,(H,56,59). The zero-order valence-electron chi connectivity index (χ0n) is 38.6. The number of terminal acetylenes is 1. The zero-order chi connectivity index (χ0) is 46.7. The maximum atomic E-state index is 14.0. The lowest BCUT2D eigenvalue weighted by molar-refractivity contribution is -0.123. The first-order chi connectivity index (χ1) is 32.1. The van der Waals surface area contributed by atoms with Crippen molar-refractivity contribution >= 4 is 14.4 Å². The van der Waals surface area contributed by atoms with E-state index in [9.17, 15) is 4.79 Å². The molecule has 0 aliphatic carbocycles. The van der Waals surface area contributed by atoms with Gasteiger partial charge in [-0.2, -0.15) is 0 Å². The van der Waals surface area contributed by atoms with Crippen molar-refractivity contribution in [1.29, 1.82) is 0 Å². The summed E-state index contributed by atoms with van der Waals surface area (Å²) < 4.78 is 39.9. The minimum Gasteiger partial charge on any atom is -0.497 e. The summed E-state index contributed by atoms with van der Waals surface area (Å²) >= 11 is 0. The molecule has 0 spiro atoms. The highest BCUT2D eigenvalue weighted by atomic mass is 31.2. The summed E-state index contributed by atoms with van der Waals surface area (Å²) in [5, 5.41) is 3.25. The van der Waals surface area contributed by atoms with Gasteiger partial charge in [-0.05, 0) is 99.3 Å². The van der Waals surface area contributed by atoms with Crippen molar-refractivity contribution in [2.45, 2.75) is 70.7 Å². The van der Waals surface area contributed by atoms with Gasteiger partial charge in [0.25, 0.3) is 8.53 Å². The zero-order valence-corrected chi connectivity index (χ0v) is 39.5. The van der Waals surface area contributed by atoms with Crippen molar-refractivity contribution in [1.82, 2.24) is 24.9 Å². The van der Waals surface area contributed by atoms with E-state index in [0.29, 0.717) is 59.5 Å². The van der Waals surface area contributed by atoms with Gasteiger partial charge in [0.1, 0.15) is 22.8 Å². The molecule has 3 aromatic carbocycles. The maximum absolute atomic E-state index is 14.0. The molecule has 6 rings (SSSR count). The molecule has 0 saturated heterocycles. The molecule has 3 heterocycles. The molecular weight excluding hydrogens is 850 g/mol. The van der Waals surface area contributed by atoms with E-state index in [1.54, 1.807) is 26.6 Å². The number of nitrogens with zero attached hydrogens (tertiary/aromatic N) is 4. The average Bonchev–Trinajstić information content (AvgIpc) is 3.35. The molecule has 0 aliphatic heterocycles. The Kier molecular flexibility index (Phi) is 18.6. The third-order valence-corrected chi connectivity index (χ3v) is 12.7. The molecule has 3 aromatic heterocycles. The van der Waals surface area contributed by atoms with Crippen LogP contribution < -0.4 is 19.5 Å². The Morgan fingerprint density at radius 1 is 0.682 bits per heavy atom. The van der Waals surface area contributed by atoms with E-state index in [1.807, 2.05) is 127 Å². The molecule has 2 atom stereocenters. The van der Waals surface area contributed by atoms with Crippen LogP contribution in [-0.4, -0.2) is 84.3 Å². The van der Waals surface area contributed by atoms with Crippen LogP contribution in [0.4, 0.5) is 0 Å². The first-order valence-corrected chi connectivity index (χ1v) is 23.3. The lowest BCUT2D eigenvalue weighted by Crippen LogP contribution is -2.45. The van der Waals surface area contributed by atoms with Crippen molar-refractivity contribution in [3.63, 3.8) is 0 Å². The fraction of sp³-hybridized carbons (Fsp3) is 0.321. The molecule has 2 unspecified atom stereocenters. The van der Waals surface area contributed by atoms with Gasteiger partial charge in [0.2, 0.25) is 5.91 Å². The second-order valence-corrected chi connectivity index (χ2v) is 17.4. The lowest BCUT2D eigenvalue weighted by atomic mass is 9.80. The quantitative estimate of drug-likeness (QED) is 0.0255. The maximum Gasteiger partial charge on any atom is 0.259 e. The summed E-state index contributed by atoms with van der Waals surface area (Å²) in [5.74, 6) is 4.50. The van der Waals surface area contributed by atoms with Crippen LogP contribution in [0.25, 0.3) is 22.8 Å². The van der Waals surface area contributed by atoms with Gasteiger partial charge in [-0.15, -0.1) is 12.3 Å². The number of ether oxygens (including phenoxy) is 4. The molecule has 0 radical (unpaired) electrons. The summed E-state index contributed by atoms with van der Waals surface area (Å²) in [6.07, 6.45) is 10.1. The van der Waals surface area contributed by atoms with Crippen molar-refractivity contribution in [2.75, 3.05) is 40.6 Å². The molecule has 0 aliphatic rings. The highest BCUT2D eigenvalue weighted by molar-refractivity contribution is 7.44. The number of rotatable bonds is 25. The monoisotopic (exact) mass is 909 g/mol. The Hall–Kier alpha value is -6.19. The van der Waals surface area contributed by atoms with Crippen molar-refractivity contribution in [3.05, 3.63) is 156 Å². The summed E-state index contributed by atoms with van der Waals surface area (Å²) in [4.78, 5) is 27.9. The molecule has 6 aromatic rings. The van der Waals surface area contributed by atoms with Crippen LogP contribution >= 0.6 is 8.53 Å². The normalized spacial score (nSPS) is 12.4. The number of carbonyl (C=O) groups is 1. The second kappa shape index (κ2) is 24.9. The predicted molar refractivity (Wildman–Crippen MR) is 260 cm³/mol. The van der Waals surface area contributed by atoms with Gasteiger partial charge >= 0.3 is 0 Å². The van der Waals surface area contributed by atoms with Crippen LogP contribution in [0.15, 0.2) is 140 Å². The van der Waals surface area contributed by atoms with Gasteiger partial charge in [0.15, 0.2) is 0 Å². The van der Waals surface area contributed by atoms with E-state index < -0.39 is 20.2 Å². The fourth-order valence-electron chi connectivity index (χ4n) is 7.51. The Morgan fingerprint density at radius 3 is 1.73 bits per heavy atom. The minimum atomic E-state index is -1.56. The number of carbonyl (C=O) groups excluding carboxylic acids is 1. The Balaban J connectivity index is 1.27. The Morgan fingerprint density at radius 2 is 1.23 bits per heavy atom. The van der Waals surface area contributed by atoms with Crippen LogP contribution in [0.5, 0.6) is 17.2 Å². The van der Waals surface area contributed by atoms with Crippen LogP contribution in [0.3, 0.4) is 0 Å². The van der Waals surface area contributed by atoms with Gasteiger partial charge in [-0.3, -0.25) is 14.8 Å². The molecule has 1 amide bonds. The van der Waals surface area contributed by atoms with E-state index in [1.165, 1.54) is 0 Å². The summed E-state index contributed by atoms with van der Waals surface area (Å²) in [7, 11) is 1.72. The number of nitrogens with one attached hydrogen (secondary N) is 1. The topological polar surface area (TPSA) is 126 Å². The number of benzene rings is 3. The third-order valence-electron chi connectivity index (χ3n) is 10.6. The molecule has 0 fully saturated rings. The number of pyridine rings is 3. The molecule has 66 heavy (non-hydrogen) atoms. The molecule has 344 valence electrons. The molecule has 1 N–H and O–H groups in total. The molecule has 13 heteroatoms. The molecule has 12 nitrogen and oxygen atoms in total. The summed E-state index contributed by atoms with van der Waals surface area (Å²) in [6.45, 7) is 9.20. The van der Waals surface area contributed by atoms with E-state index >= 15 is 0 Å². The summed E-state index contributed by atoms with van der Waals surface area (Å²) in [5.41, 5.74) is 4.22. The van der Waals surface area contributed by atoms with Crippen LogP contribution in [0.1, 0.15) is 63.6 Å². The molecular formula is C53H60N5O7P. The summed E-state index contributed by atoms with van der Waals surface area (Å²) in [6, 6.07) is 40.4. The van der Waals surface area contributed by atoms with Gasteiger partial charge in [-0.1, -0.05) is 66.7 Å². The van der Waals surface area contributed by atoms with Crippen molar-refractivity contribution in [3.8, 4) is 52.4 Å². The fourth-order valence-corrected chi connectivity index (χ4v) is 9.16. The predicted octanol–water partition coefficient (Wildman–Crippen LogP) is 10.3. The minimum absolute atomic E-state index is 0.0652. The number of methoxy groups -OCH3 is 2. The van der Waals surface area contributed by atoms with Gasteiger partial charge < -0.3 is 33.3 Å². The lowest BCUT2D eigenvalue weighted by Gasteiger charge is -2.38. The van der Waals surface area contributed by atoms with Crippen molar-refractivity contribution in [2.24, 2.45) is 0 Å². The van der Waals surface area contributed by atoms with E-state index in [0.717, 1.165) is 16.7 Å². The highest BCUT2D eigenvalue weighted by Crippen LogP contribution is 2.47. The number of hydrogen-bond acceptors (Lipinski definition) is 11. The second-order valence-electron chi connectivity index (χ2n) is 15.9. The van der Waals surface area contributed by atoms with Crippen LogP contribution in [0.2, 0.25) is 0 Å². The van der Waals surface area contributed by atoms with E-state index in [2.05, 4.69) is 53.6 Å². The first kappa shape index (κ1) is 49.2. The average molecular weight is 910 g/mol. The Labute approximate surface area is 391 Å². The van der Waals surface area contributed by atoms with Crippen LogP contribution in [-0.2, 0) is 24.2 Å². The third kappa shape index (κ3) is 13.2. The number of amides is 1. The van der Waals surface area contributed by atoms with E-state index in [-0.39, 0.29) is 44.2 Å². The van der Waals surface area contributed by atoms with Gasteiger partial charge in [0.05, 0.1) is 69.5 Å². The molecule has 0 bridgehead atoms. The first-order valence-electron chi connectivity index (χ1n) is 22.2. The Bertz CT molecular complexity index is 2310. The van der Waals surface area contributed by atoms with Crippen LogP contribution in [0, 0.1) is 12.3 Å². The van der Waals surface area contributed by atoms with Gasteiger partial charge in [0, 0.05) is 49.5 Å². The molecule has 0 saturated carbocycles. The van der Waals surface area contributed by atoms with Gasteiger partial charge in [-0.25, -0.2) is 9.65 Å². The highest BCUT2D eigenvalue weighted by Gasteiger charge is 2.39.